The lowest BCUT2D eigenvalue weighted by Gasteiger charge is -2.16. The Morgan fingerprint density at radius 3 is 2.50 bits per heavy atom. The van der Waals surface area contributed by atoms with Crippen LogP contribution in [0.4, 0.5) is 4.39 Å². The van der Waals surface area contributed by atoms with Gasteiger partial charge in [0.2, 0.25) is 0 Å². The summed E-state index contributed by atoms with van der Waals surface area (Å²) in [5.41, 5.74) is 10.0. The van der Waals surface area contributed by atoms with E-state index in [9.17, 15) is 4.39 Å². The molecule has 0 aliphatic rings. The van der Waals surface area contributed by atoms with Gasteiger partial charge in [-0.1, -0.05) is 28.1 Å². The molecule has 0 bridgehead atoms. The summed E-state index contributed by atoms with van der Waals surface area (Å²) >= 11 is 3.44. The Balaban J connectivity index is 2.47. The maximum atomic E-state index is 13.4. The smallest absolute Gasteiger partial charge is 0.123 e. The Kier molecular flexibility index (Phi) is 3.83. The quantitative estimate of drug-likeness (QED) is 0.881. The zero-order chi connectivity index (χ0) is 13.3. The lowest BCUT2D eigenvalue weighted by atomic mass is 9.95. The van der Waals surface area contributed by atoms with Crippen LogP contribution in [0.2, 0.25) is 0 Å². The molecule has 1 nitrogen and oxygen atoms in total. The zero-order valence-corrected chi connectivity index (χ0v) is 12.0. The van der Waals surface area contributed by atoms with Crippen LogP contribution in [0.25, 0.3) is 0 Å². The highest BCUT2D eigenvalue weighted by Crippen LogP contribution is 2.26. The van der Waals surface area contributed by atoms with Crippen molar-refractivity contribution in [3.8, 4) is 0 Å². The maximum Gasteiger partial charge on any atom is 0.123 e. The average Bonchev–Trinajstić information content (AvgIpc) is 2.30. The molecule has 3 heteroatoms. The Bertz CT molecular complexity index is 560. The van der Waals surface area contributed by atoms with E-state index in [0.29, 0.717) is 0 Å². The molecule has 1 unspecified atom stereocenters. The van der Waals surface area contributed by atoms with Crippen molar-refractivity contribution < 1.29 is 4.39 Å². The van der Waals surface area contributed by atoms with E-state index in [0.717, 1.165) is 26.7 Å². The molecule has 0 fully saturated rings. The van der Waals surface area contributed by atoms with Crippen LogP contribution in [-0.2, 0) is 0 Å². The molecule has 94 valence electrons. The van der Waals surface area contributed by atoms with Gasteiger partial charge < -0.3 is 5.73 Å². The maximum absolute atomic E-state index is 13.4. The molecule has 0 spiro atoms. The van der Waals surface area contributed by atoms with E-state index in [1.165, 1.54) is 12.1 Å². The van der Waals surface area contributed by atoms with Gasteiger partial charge in [0.25, 0.3) is 0 Å². The zero-order valence-electron chi connectivity index (χ0n) is 10.4. The summed E-state index contributed by atoms with van der Waals surface area (Å²) in [6.07, 6.45) is 0. The van der Waals surface area contributed by atoms with Gasteiger partial charge in [0.15, 0.2) is 0 Å². The van der Waals surface area contributed by atoms with E-state index in [-0.39, 0.29) is 11.9 Å². The lowest BCUT2D eigenvalue weighted by Crippen LogP contribution is -2.13. The van der Waals surface area contributed by atoms with Gasteiger partial charge in [-0.3, -0.25) is 0 Å². The van der Waals surface area contributed by atoms with Crippen LogP contribution >= 0.6 is 15.9 Å². The SMILES string of the molecule is Cc1cc(F)cc(C(N)c2cc(Br)ccc2C)c1. The minimum atomic E-state index is -0.308. The van der Waals surface area contributed by atoms with Gasteiger partial charge in [0, 0.05) is 4.47 Å². The fourth-order valence-electron chi connectivity index (χ4n) is 2.07. The summed E-state index contributed by atoms with van der Waals surface area (Å²) in [6, 6.07) is 10.6. The predicted molar refractivity (Wildman–Crippen MR) is 76.0 cm³/mol. The first-order valence-electron chi connectivity index (χ1n) is 5.76. The molecule has 2 rings (SSSR count). The number of hydrogen-bond donors (Lipinski definition) is 1. The second-order valence-electron chi connectivity index (χ2n) is 4.54. The van der Waals surface area contributed by atoms with Gasteiger partial charge in [-0.25, -0.2) is 4.39 Å². The normalized spacial score (nSPS) is 12.5. The second-order valence-corrected chi connectivity index (χ2v) is 5.46. The van der Waals surface area contributed by atoms with Crippen molar-refractivity contribution in [3.05, 3.63) is 68.9 Å². The van der Waals surface area contributed by atoms with E-state index in [4.69, 9.17) is 5.73 Å². The highest BCUT2D eigenvalue weighted by molar-refractivity contribution is 9.10. The summed E-state index contributed by atoms with van der Waals surface area (Å²) in [7, 11) is 0. The van der Waals surface area contributed by atoms with Crippen molar-refractivity contribution >= 4 is 15.9 Å². The first-order chi connectivity index (χ1) is 8.47. The third-order valence-electron chi connectivity index (χ3n) is 3.00. The van der Waals surface area contributed by atoms with Crippen molar-refractivity contribution in [2.24, 2.45) is 5.73 Å². The van der Waals surface area contributed by atoms with E-state index in [2.05, 4.69) is 15.9 Å². The topological polar surface area (TPSA) is 26.0 Å². The molecule has 2 N–H and O–H groups in total. The van der Waals surface area contributed by atoms with Crippen molar-refractivity contribution in [3.63, 3.8) is 0 Å². The fraction of sp³-hybridized carbons (Fsp3) is 0.200. The highest BCUT2D eigenvalue weighted by atomic mass is 79.9. The van der Waals surface area contributed by atoms with Crippen LogP contribution in [0.15, 0.2) is 40.9 Å². The number of nitrogens with two attached hydrogens (primary N) is 1. The Morgan fingerprint density at radius 2 is 1.83 bits per heavy atom. The molecule has 0 aliphatic carbocycles. The van der Waals surface area contributed by atoms with Crippen molar-refractivity contribution in [2.75, 3.05) is 0 Å². The van der Waals surface area contributed by atoms with Gasteiger partial charge in [-0.15, -0.1) is 0 Å². The van der Waals surface area contributed by atoms with Gasteiger partial charge >= 0.3 is 0 Å². The first-order valence-corrected chi connectivity index (χ1v) is 6.55. The molecule has 0 aromatic heterocycles. The second kappa shape index (κ2) is 5.21. The largest absolute Gasteiger partial charge is 0.320 e. The molecule has 1 atom stereocenters. The molecule has 0 saturated heterocycles. The summed E-state index contributed by atoms with van der Waals surface area (Å²) in [4.78, 5) is 0. The van der Waals surface area contributed by atoms with Crippen molar-refractivity contribution in [2.45, 2.75) is 19.9 Å². The number of halogens is 2. The monoisotopic (exact) mass is 307 g/mol. The van der Waals surface area contributed by atoms with Crippen LogP contribution in [0.5, 0.6) is 0 Å². The first kappa shape index (κ1) is 13.2. The lowest BCUT2D eigenvalue weighted by molar-refractivity contribution is 0.622. The third-order valence-corrected chi connectivity index (χ3v) is 3.49. The number of rotatable bonds is 2. The molecule has 0 saturated carbocycles. The fourth-order valence-corrected chi connectivity index (χ4v) is 2.45. The van der Waals surface area contributed by atoms with Crippen LogP contribution in [0, 0.1) is 19.7 Å². The van der Waals surface area contributed by atoms with E-state index >= 15 is 0 Å². The Labute approximate surface area is 115 Å². The molecular weight excluding hydrogens is 293 g/mol. The van der Waals surface area contributed by atoms with E-state index in [1.807, 2.05) is 38.1 Å². The highest BCUT2D eigenvalue weighted by Gasteiger charge is 2.13. The third kappa shape index (κ3) is 2.79. The summed E-state index contributed by atoms with van der Waals surface area (Å²) < 4.78 is 14.4. The summed E-state index contributed by atoms with van der Waals surface area (Å²) in [6.45, 7) is 3.88. The standard InChI is InChI=1S/C15H15BrFN/c1-9-5-11(7-13(17)6-9)15(18)14-8-12(16)4-3-10(14)2/h3-8,15H,18H2,1-2H3. The van der Waals surface area contributed by atoms with Crippen LogP contribution in [-0.4, -0.2) is 0 Å². The predicted octanol–water partition coefficient (Wildman–Crippen LogP) is 4.25. The summed E-state index contributed by atoms with van der Waals surface area (Å²) in [5, 5.41) is 0. The summed E-state index contributed by atoms with van der Waals surface area (Å²) in [5.74, 6) is -0.243. The number of benzene rings is 2. The van der Waals surface area contributed by atoms with Crippen LogP contribution in [0.3, 0.4) is 0 Å². The molecule has 18 heavy (non-hydrogen) atoms. The molecule has 0 amide bonds. The molecule has 0 radical (unpaired) electrons. The van der Waals surface area contributed by atoms with Gasteiger partial charge in [-0.05, 0) is 60.4 Å². The molecular formula is C15H15BrFN. The van der Waals surface area contributed by atoms with E-state index in [1.54, 1.807) is 0 Å². The Hall–Kier alpha value is -1.19. The van der Waals surface area contributed by atoms with Gasteiger partial charge in [0.1, 0.15) is 5.82 Å². The average molecular weight is 308 g/mol. The number of aryl methyl sites for hydroxylation is 2. The molecule has 2 aromatic carbocycles. The minimum Gasteiger partial charge on any atom is -0.320 e. The van der Waals surface area contributed by atoms with Crippen LogP contribution in [0.1, 0.15) is 28.3 Å². The molecule has 0 heterocycles. The van der Waals surface area contributed by atoms with Gasteiger partial charge in [0.05, 0.1) is 6.04 Å². The van der Waals surface area contributed by atoms with Crippen molar-refractivity contribution in [1.82, 2.24) is 0 Å². The van der Waals surface area contributed by atoms with Crippen molar-refractivity contribution in [1.29, 1.82) is 0 Å². The van der Waals surface area contributed by atoms with E-state index < -0.39 is 0 Å². The number of hydrogen-bond acceptors (Lipinski definition) is 1. The molecule has 2 aromatic rings. The van der Waals surface area contributed by atoms with Gasteiger partial charge in [-0.2, -0.15) is 0 Å². The molecule has 0 aliphatic heterocycles. The van der Waals surface area contributed by atoms with Crippen LogP contribution < -0.4 is 5.73 Å². The Morgan fingerprint density at radius 1 is 1.11 bits per heavy atom. The minimum absolute atomic E-state index is 0.243.